The van der Waals surface area contributed by atoms with E-state index in [1.54, 1.807) is 0 Å². The Morgan fingerprint density at radius 2 is 1.86 bits per heavy atom. The lowest BCUT2D eigenvalue weighted by Gasteiger charge is -2.40. The van der Waals surface area contributed by atoms with E-state index in [1.807, 2.05) is 13.3 Å². The van der Waals surface area contributed by atoms with Crippen LogP contribution in [0.3, 0.4) is 0 Å². The van der Waals surface area contributed by atoms with Gasteiger partial charge in [0.15, 0.2) is 0 Å². The Kier molecular flexibility index (Phi) is 4.37. The summed E-state index contributed by atoms with van der Waals surface area (Å²) >= 11 is 0. The fourth-order valence-corrected chi connectivity index (χ4v) is 4.02. The summed E-state index contributed by atoms with van der Waals surface area (Å²) in [5.41, 5.74) is 2.24. The molecule has 0 bridgehead atoms. The molecule has 0 amide bonds. The summed E-state index contributed by atoms with van der Waals surface area (Å²) in [6.07, 6.45) is 4.64. The molecule has 1 aromatic rings. The summed E-state index contributed by atoms with van der Waals surface area (Å²) in [5, 5.41) is 0. The molecular formula is C17H28N4O. The molecule has 2 heterocycles. The topological polar surface area (TPSA) is 41.5 Å². The van der Waals surface area contributed by atoms with Crippen molar-refractivity contribution >= 4 is 5.95 Å². The van der Waals surface area contributed by atoms with Crippen LogP contribution < -0.4 is 4.90 Å². The van der Waals surface area contributed by atoms with Gasteiger partial charge >= 0.3 is 0 Å². The van der Waals surface area contributed by atoms with Crippen LogP contribution in [0.4, 0.5) is 5.95 Å². The molecule has 5 nitrogen and oxygen atoms in total. The number of rotatable bonds is 3. The number of hydrogen-bond acceptors (Lipinski definition) is 5. The number of aromatic nitrogens is 2. The van der Waals surface area contributed by atoms with Crippen molar-refractivity contribution in [2.75, 3.05) is 39.2 Å². The zero-order chi connectivity index (χ0) is 15.9. The number of ether oxygens (including phenoxy) is 1. The van der Waals surface area contributed by atoms with Crippen LogP contribution in [0.5, 0.6) is 0 Å². The molecule has 1 aliphatic carbocycles. The van der Waals surface area contributed by atoms with Crippen molar-refractivity contribution in [3.05, 3.63) is 17.5 Å². The van der Waals surface area contributed by atoms with Crippen LogP contribution >= 0.6 is 0 Å². The molecule has 1 saturated heterocycles. The van der Waals surface area contributed by atoms with Gasteiger partial charge in [-0.3, -0.25) is 0 Å². The summed E-state index contributed by atoms with van der Waals surface area (Å²) in [6.45, 7) is 6.27. The lowest BCUT2D eigenvalue weighted by molar-refractivity contribution is -0.0209. The van der Waals surface area contributed by atoms with Crippen LogP contribution in [0.1, 0.15) is 24.1 Å². The number of aryl methyl sites for hydroxylation is 2. The van der Waals surface area contributed by atoms with Crippen LogP contribution in [0.2, 0.25) is 0 Å². The van der Waals surface area contributed by atoms with E-state index in [0.717, 1.165) is 42.6 Å². The van der Waals surface area contributed by atoms with Crippen LogP contribution in [0.25, 0.3) is 0 Å². The van der Waals surface area contributed by atoms with Gasteiger partial charge in [0.05, 0.1) is 6.10 Å². The number of hydrogen-bond donors (Lipinski definition) is 0. The second-order valence-electron chi connectivity index (χ2n) is 7.14. The molecule has 0 unspecified atom stereocenters. The second-order valence-corrected chi connectivity index (χ2v) is 7.14. The maximum Gasteiger partial charge on any atom is 0.225 e. The lowest BCUT2D eigenvalue weighted by Crippen LogP contribution is -2.47. The van der Waals surface area contributed by atoms with Crippen molar-refractivity contribution in [2.45, 2.75) is 38.8 Å². The van der Waals surface area contributed by atoms with Gasteiger partial charge in [0.25, 0.3) is 0 Å². The minimum Gasteiger partial charge on any atom is -0.380 e. The van der Waals surface area contributed by atoms with Gasteiger partial charge < -0.3 is 14.5 Å². The molecule has 1 aliphatic heterocycles. The van der Waals surface area contributed by atoms with Gasteiger partial charge in [0, 0.05) is 38.1 Å². The van der Waals surface area contributed by atoms with Gasteiger partial charge in [-0.2, -0.15) is 0 Å². The van der Waals surface area contributed by atoms with Crippen LogP contribution in [0, 0.1) is 25.7 Å². The monoisotopic (exact) mass is 304 g/mol. The highest BCUT2D eigenvalue weighted by Crippen LogP contribution is 2.39. The largest absolute Gasteiger partial charge is 0.380 e. The summed E-state index contributed by atoms with van der Waals surface area (Å²) in [6, 6.07) is 0.520. The van der Waals surface area contributed by atoms with Gasteiger partial charge in [0.2, 0.25) is 5.95 Å². The van der Waals surface area contributed by atoms with Crippen molar-refractivity contribution in [3.8, 4) is 0 Å². The van der Waals surface area contributed by atoms with E-state index in [4.69, 9.17) is 4.74 Å². The quantitative estimate of drug-likeness (QED) is 0.853. The van der Waals surface area contributed by atoms with Crippen molar-refractivity contribution in [1.82, 2.24) is 14.9 Å². The molecule has 22 heavy (non-hydrogen) atoms. The minimum atomic E-state index is 0.344. The molecule has 0 radical (unpaired) electrons. The normalized spacial score (nSPS) is 31.6. The zero-order valence-corrected chi connectivity index (χ0v) is 14.4. The Hall–Kier alpha value is -1.20. The third kappa shape index (κ3) is 2.84. The number of likely N-dealkylation sites (N-methyl/N-ethyl adjacent to an activating group) is 1. The molecule has 4 atom stereocenters. The van der Waals surface area contributed by atoms with Gasteiger partial charge in [-0.15, -0.1) is 0 Å². The van der Waals surface area contributed by atoms with Gasteiger partial charge in [0.1, 0.15) is 0 Å². The molecule has 3 rings (SSSR count). The Balaban J connectivity index is 1.74. The molecule has 122 valence electrons. The first-order valence-corrected chi connectivity index (χ1v) is 8.24. The van der Waals surface area contributed by atoms with Crippen molar-refractivity contribution in [1.29, 1.82) is 0 Å². The van der Waals surface area contributed by atoms with Crippen molar-refractivity contribution in [3.63, 3.8) is 0 Å². The average molecular weight is 304 g/mol. The second kappa shape index (κ2) is 6.13. The first kappa shape index (κ1) is 15.7. The molecule has 1 saturated carbocycles. The Labute approximate surface area is 133 Å². The van der Waals surface area contributed by atoms with E-state index in [2.05, 4.69) is 47.7 Å². The maximum absolute atomic E-state index is 5.76. The van der Waals surface area contributed by atoms with Crippen molar-refractivity contribution in [2.24, 2.45) is 11.8 Å². The van der Waals surface area contributed by atoms with Crippen molar-refractivity contribution < 1.29 is 4.74 Å². The number of anilines is 1. The zero-order valence-electron chi connectivity index (χ0n) is 14.4. The molecule has 0 N–H and O–H groups in total. The SMILES string of the molecule is CO[C@@H]1C[C@H]2CN(c3ncc(C)c(C)n3)C[C@H]2C[C@H]1N(C)C. The lowest BCUT2D eigenvalue weighted by atomic mass is 9.77. The first-order chi connectivity index (χ1) is 10.5. The van der Waals surface area contributed by atoms with E-state index >= 15 is 0 Å². The highest BCUT2D eigenvalue weighted by molar-refractivity contribution is 5.35. The summed E-state index contributed by atoms with van der Waals surface area (Å²) in [4.78, 5) is 13.9. The predicted molar refractivity (Wildman–Crippen MR) is 88.2 cm³/mol. The third-order valence-corrected chi connectivity index (χ3v) is 5.55. The minimum absolute atomic E-state index is 0.344. The molecular weight excluding hydrogens is 276 g/mol. The van der Waals surface area contributed by atoms with Crippen LogP contribution in [-0.2, 0) is 4.74 Å². The van der Waals surface area contributed by atoms with Gasteiger partial charge in [-0.25, -0.2) is 9.97 Å². The van der Waals surface area contributed by atoms with Gasteiger partial charge in [-0.1, -0.05) is 0 Å². The molecule has 0 aromatic carbocycles. The molecule has 2 aliphatic rings. The highest BCUT2D eigenvalue weighted by Gasteiger charge is 2.43. The van der Waals surface area contributed by atoms with E-state index in [9.17, 15) is 0 Å². The van der Waals surface area contributed by atoms with E-state index in [0.29, 0.717) is 18.1 Å². The molecule has 0 spiro atoms. The molecule has 5 heteroatoms. The van der Waals surface area contributed by atoms with E-state index in [1.165, 1.54) is 6.42 Å². The summed E-state index contributed by atoms with van der Waals surface area (Å²) in [7, 11) is 6.17. The third-order valence-electron chi connectivity index (χ3n) is 5.55. The van der Waals surface area contributed by atoms with Gasteiger partial charge in [-0.05, 0) is 58.2 Å². The predicted octanol–water partition coefficient (Wildman–Crippen LogP) is 1.88. The summed E-state index contributed by atoms with van der Waals surface area (Å²) < 4.78 is 5.76. The van der Waals surface area contributed by atoms with E-state index in [-0.39, 0.29) is 0 Å². The van der Waals surface area contributed by atoms with E-state index < -0.39 is 0 Å². The molecule has 1 aromatic heterocycles. The Morgan fingerprint density at radius 3 is 2.45 bits per heavy atom. The maximum atomic E-state index is 5.76. The van der Waals surface area contributed by atoms with Crippen LogP contribution in [0.15, 0.2) is 6.20 Å². The standard InChI is InChI=1S/C17H28N4O/c1-11-8-18-17(19-12(11)2)21-9-13-6-15(20(3)4)16(22-5)7-14(13)10-21/h8,13-16H,6-7,9-10H2,1-5H3/t13-,14+,15-,16-/m1/s1. The number of nitrogens with zero attached hydrogens (tertiary/aromatic N) is 4. The Morgan fingerprint density at radius 1 is 1.18 bits per heavy atom. The number of methoxy groups -OCH3 is 1. The first-order valence-electron chi connectivity index (χ1n) is 8.24. The van der Waals surface area contributed by atoms with Crippen LogP contribution in [-0.4, -0.2) is 61.3 Å². The number of fused-ring (bicyclic) bond motifs is 1. The average Bonchev–Trinajstić information content (AvgIpc) is 2.91. The fraction of sp³-hybridized carbons (Fsp3) is 0.765. The smallest absolute Gasteiger partial charge is 0.225 e. The fourth-order valence-electron chi connectivity index (χ4n) is 4.02. The molecule has 2 fully saturated rings. The Bertz CT molecular complexity index is 533. The summed E-state index contributed by atoms with van der Waals surface area (Å²) in [5.74, 6) is 2.32. The highest BCUT2D eigenvalue weighted by atomic mass is 16.5.